The molecule has 26 heavy (non-hydrogen) atoms. The molecule has 1 aliphatic heterocycles. The van der Waals surface area contributed by atoms with Gasteiger partial charge in [-0.3, -0.25) is 9.78 Å². The quantitative estimate of drug-likeness (QED) is 0.775. The molecule has 0 atom stereocenters. The Morgan fingerprint density at radius 3 is 2.73 bits per heavy atom. The first-order valence-electron chi connectivity index (χ1n) is 8.68. The minimum absolute atomic E-state index is 0.109. The van der Waals surface area contributed by atoms with Gasteiger partial charge in [-0.1, -0.05) is 0 Å². The van der Waals surface area contributed by atoms with Crippen LogP contribution in [-0.4, -0.2) is 46.7 Å². The fourth-order valence-corrected chi connectivity index (χ4v) is 3.16. The number of nitrogens with zero attached hydrogens (tertiary/aromatic N) is 4. The van der Waals surface area contributed by atoms with E-state index < -0.39 is 0 Å². The lowest BCUT2D eigenvalue weighted by atomic mass is 10.2. The normalized spacial score (nSPS) is 14.6. The van der Waals surface area contributed by atoms with E-state index in [9.17, 15) is 4.79 Å². The molecule has 3 heterocycles. The van der Waals surface area contributed by atoms with Crippen LogP contribution in [0.5, 0.6) is 0 Å². The molecule has 0 unspecified atom stereocenters. The molecule has 7 nitrogen and oxygen atoms in total. The highest BCUT2D eigenvalue weighted by molar-refractivity contribution is 5.97. The van der Waals surface area contributed by atoms with Crippen molar-refractivity contribution in [3.63, 3.8) is 0 Å². The van der Waals surface area contributed by atoms with Crippen LogP contribution in [0, 0.1) is 0 Å². The molecule has 0 aliphatic carbocycles. The maximum atomic E-state index is 12.5. The highest BCUT2D eigenvalue weighted by atomic mass is 16.5. The van der Waals surface area contributed by atoms with E-state index in [1.165, 1.54) is 0 Å². The van der Waals surface area contributed by atoms with Crippen molar-refractivity contribution in [2.45, 2.75) is 6.54 Å². The maximum Gasteiger partial charge on any atom is 0.251 e. The number of ether oxygens (including phenoxy) is 1. The summed E-state index contributed by atoms with van der Waals surface area (Å²) in [5.74, 6) is 0.805. The Bertz CT molecular complexity index is 916. The van der Waals surface area contributed by atoms with E-state index in [1.807, 2.05) is 37.4 Å². The Morgan fingerprint density at radius 2 is 1.96 bits per heavy atom. The van der Waals surface area contributed by atoms with Gasteiger partial charge < -0.3 is 19.5 Å². The minimum atomic E-state index is -0.109. The average Bonchev–Trinajstić information content (AvgIpc) is 3.03. The molecule has 4 rings (SSSR count). The predicted molar refractivity (Wildman–Crippen MR) is 99.2 cm³/mol. The topological polar surface area (TPSA) is 72.3 Å². The molecule has 0 saturated carbocycles. The number of hydrogen-bond acceptors (Lipinski definition) is 5. The van der Waals surface area contributed by atoms with Crippen LogP contribution in [0.1, 0.15) is 15.9 Å². The number of fused-ring (bicyclic) bond motifs is 1. The summed E-state index contributed by atoms with van der Waals surface area (Å²) in [5, 5.41) is 2.94. The lowest BCUT2D eigenvalue weighted by Crippen LogP contribution is -2.37. The van der Waals surface area contributed by atoms with Crippen molar-refractivity contribution in [1.82, 2.24) is 19.9 Å². The number of nitrogens with one attached hydrogen (secondary N) is 1. The number of aryl methyl sites for hydroxylation is 1. The lowest BCUT2D eigenvalue weighted by molar-refractivity contribution is 0.0951. The molecule has 1 saturated heterocycles. The van der Waals surface area contributed by atoms with Crippen molar-refractivity contribution in [3.05, 3.63) is 53.9 Å². The first-order valence-corrected chi connectivity index (χ1v) is 8.68. The molecule has 2 aromatic heterocycles. The van der Waals surface area contributed by atoms with Crippen LogP contribution in [0.3, 0.4) is 0 Å². The molecule has 134 valence electrons. The summed E-state index contributed by atoms with van der Waals surface area (Å²) in [6.45, 7) is 3.56. The number of aromatic nitrogens is 3. The number of benzene rings is 1. The van der Waals surface area contributed by atoms with Crippen LogP contribution in [0.4, 0.5) is 5.95 Å². The first-order chi connectivity index (χ1) is 12.7. The molecule has 3 aromatic rings. The van der Waals surface area contributed by atoms with Gasteiger partial charge in [0, 0.05) is 44.6 Å². The average molecular weight is 351 g/mol. The zero-order valence-corrected chi connectivity index (χ0v) is 14.7. The number of hydrogen-bond donors (Lipinski definition) is 1. The van der Waals surface area contributed by atoms with E-state index in [0.717, 1.165) is 35.6 Å². The SMILES string of the molecule is Cn1c(N2CCOCC2)nc2cc(C(=O)NCc3ccncc3)ccc21. The Balaban J connectivity index is 1.54. The second-order valence-electron chi connectivity index (χ2n) is 6.31. The highest BCUT2D eigenvalue weighted by Crippen LogP contribution is 2.23. The fraction of sp³-hybridized carbons (Fsp3) is 0.316. The molecule has 1 N–H and O–H groups in total. The van der Waals surface area contributed by atoms with Crippen LogP contribution >= 0.6 is 0 Å². The predicted octanol–water partition coefficient (Wildman–Crippen LogP) is 1.73. The number of anilines is 1. The van der Waals surface area contributed by atoms with Crippen LogP contribution in [0.15, 0.2) is 42.7 Å². The number of carbonyl (C=O) groups excluding carboxylic acids is 1. The molecule has 1 fully saturated rings. The Labute approximate surface area is 151 Å². The van der Waals surface area contributed by atoms with E-state index in [2.05, 4.69) is 19.8 Å². The second kappa shape index (κ2) is 7.13. The molecular weight excluding hydrogens is 330 g/mol. The fourth-order valence-electron chi connectivity index (χ4n) is 3.16. The maximum absolute atomic E-state index is 12.5. The third-order valence-electron chi connectivity index (χ3n) is 4.62. The molecule has 1 aromatic carbocycles. The number of morpholine rings is 1. The Kier molecular flexibility index (Phi) is 4.53. The molecule has 7 heteroatoms. The van der Waals surface area contributed by atoms with Gasteiger partial charge in [-0.15, -0.1) is 0 Å². The van der Waals surface area contributed by atoms with Crippen LogP contribution in [0.25, 0.3) is 11.0 Å². The van der Waals surface area contributed by atoms with Crippen molar-refractivity contribution in [3.8, 4) is 0 Å². The van der Waals surface area contributed by atoms with Gasteiger partial charge >= 0.3 is 0 Å². The largest absolute Gasteiger partial charge is 0.378 e. The van der Waals surface area contributed by atoms with E-state index in [4.69, 9.17) is 9.72 Å². The summed E-state index contributed by atoms with van der Waals surface area (Å²) in [7, 11) is 2.00. The monoisotopic (exact) mass is 351 g/mol. The van der Waals surface area contributed by atoms with Gasteiger partial charge in [-0.05, 0) is 35.9 Å². The second-order valence-corrected chi connectivity index (χ2v) is 6.31. The number of pyridine rings is 1. The highest BCUT2D eigenvalue weighted by Gasteiger charge is 2.18. The van der Waals surface area contributed by atoms with Gasteiger partial charge in [0.05, 0.1) is 24.2 Å². The van der Waals surface area contributed by atoms with Crippen LogP contribution in [0.2, 0.25) is 0 Å². The van der Waals surface area contributed by atoms with Gasteiger partial charge in [0.2, 0.25) is 5.95 Å². The van der Waals surface area contributed by atoms with Gasteiger partial charge in [-0.25, -0.2) is 4.98 Å². The molecule has 1 aliphatic rings. The van der Waals surface area contributed by atoms with Gasteiger partial charge in [0.1, 0.15) is 0 Å². The zero-order valence-electron chi connectivity index (χ0n) is 14.7. The number of rotatable bonds is 4. The number of carbonyl (C=O) groups is 1. The van der Waals surface area contributed by atoms with E-state index in [1.54, 1.807) is 12.4 Å². The summed E-state index contributed by atoms with van der Waals surface area (Å²) < 4.78 is 7.48. The van der Waals surface area contributed by atoms with Gasteiger partial charge in [0.15, 0.2) is 0 Å². The summed E-state index contributed by atoms with van der Waals surface area (Å²) in [6.07, 6.45) is 3.43. The van der Waals surface area contributed by atoms with Crippen molar-refractivity contribution in [1.29, 1.82) is 0 Å². The van der Waals surface area contributed by atoms with Crippen LogP contribution in [-0.2, 0) is 18.3 Å². The molecule has 0 spiro atoms. The molecular formula is C19H21N5O2. The summed E-state index contributed by atoms with van der Waals surface area (Å²) >= 11 is 0. The summed E-state index contributed by atoms with van der Waals surface area (Å²) in [5.41, 5.74) is 3.46. The van der Waals surface area contributed by atoms with E-state index in [0.29, 0.717) is 25.3 Å². The summed E-state index contributed by atoms with van der Waals surface area (Å²) in [4.78, 5) is 23.4. The first kappa shape index (κ1) is 16.5. The Morgan fingerprint density at radius 1 is 1.19 bits per heavy atom. The molecule has 0 bridgehead atoms. The smallest absolute Gasteiger partial charge is 0.251 e. The Hall–Kier alpha value is -2.93. The zero-order chi connectivity index (χ0) is 17.9. The molecule has 1 amide bonds. The van der Waals surface area contributed by atoms with E-state index >= 15 is 0 Å². The third-order valence-corrected chi connectivity index (χ3v) is 4.62. The number of imidazole rings is 1. The third kappa shape index (κ3) is 3.25. The van der Waals surface area contributed by atoms with Gasteiger partial charge in [-0.2, -0.15) is 0 Å². The number of amides is 1. The van der Waals surface area contributed by atoms with E-state index in [-0.39, 0.29) is 5.91 Å². The standard InChI is InChI=1S/C19H21N5O2/c1-23-17-3-2-15(18(25)21-13-14-4-6-20-7-5-14)12-16(17)22-19(23)24-8-10-26-11-9-24/h2-7,12H,8-11,13H2,1H3,(H,21,25). The lowest BCUT2D eigenvalue weighted by Gasteiger charge is -2.27. The van der Waals surface area contributed by atoms with Crippen molar-refractivity contribution in [2.24, 2.45) is 7.05 Å². The van der Waals surface area contributed by atoms with Gasteiger partial charge in [0.25, 0.3) is 5.91 Å². The molecule has 0 radical (unpaired) electrons. The summed E-state index contributed by atoms with van der Waals surface area (Å²) in [6, 6.07) is 9.41. The van der Waals surface area contributed by atoms with Crippen molar-refractivity contribution in [2.75, 3.05) is 31.2 Å². The van der Waals surface area contributed by atoms with Crippen molar-refractivity contribution >= 4 is 22.9 Å². The van der Waals surface area contributed by atoms with Crippen molar-refractivity contribution < 1.29 is 9.53 Å². The minimum Gasteiger partial charge on any atom is -0.378 e. The van der Waals surface area contributed by atoms with Crippen LogP contribution < -0.4 is 10.2 Å².